The van der Waals surface area contributed by atoms with Crippen molar-refractivity contribution in [2.75, 3.05) is 26.9 Å². The lowest BCUT2D eigenvalue weighted by molar-refractivity contribution is 0.0443. The maximum Gasteiger partial charge on any atom is 0.508 e. The van der Waals surface area contributed by atoms with E-state index in [0.717, 1.165) is 13.0 Å². The topological polar surface area (TPSA) is 54.0 Å². The number of cyclic esters (lactones) is 2. The Kier molecular flexibility index (Phi) is 8.95. The first kappa shape index (κ1) is 18.5. The third-order valence-electron chi connectivity index (χ3n) is 3.82. The van der Waals surface area contributed by atoms with E-state index < -0.39 is 14.5 Å². The molecule has 0 aromatic carbocycles. The van der Waals surface area contributed by atoms with Crippen molar-refractivity contribution in [2.45, 2.75) is 63.8 Å². The molecule has 1 aliphatic rings. The predicted molar refractivity (Wildman–Crippen MR) is 84.0 cm³/mol. The second-order valence-electron chi connectivity index (χ2n) is 6.21. The zero-order valence-electron chi connectivity index (χ0n) is 13.7. The van der Waals surface area contributed by atoms with Crippen LogP contribution in [0.15, 0.2) is 0 Å². The highest BCUT2D eigenvalue weighted by Gasteiger charge is 2.24. The van der Waals surface area contributed by atoms with Gasteiger partial charge in [0.1, 0.15) is 6.61 Å². The van der Waals surface area contributed by atoms with Gasteiger partial charge >= 0.3 is 6.16 Å². The van der Waals surface area contributed by atoms with Gasteiger partial charge in [0.25, 0.3) is 0 Å². The van der Waals surface area contributed by atoms with Crippen LogP contribution in [-0.2, 0) is 18.6 Å². The standard InChI is InChI=1S/C15H30O5Si/c1-17-21(2,3)11-9-7-5-4-6-8-10-18-12-14-13-19-15(16)20-14/h14H,4-13H2,1-3H3. The highest BCUT2D eigenvalue weighted by Crippen LogP contribution is 2.16. The molecule has 1 rings (SSSR count). The highest BCUT2D eigenvalue weighted by atomic mass is 28.4. The van der Waals surface area contributed by atoms with Gasteiger partial charge in [0.15, 0.2) is 14.4 Å². The first-order valence-electron chi connectivity index (χ1n) is 8.00. The Morgan fingerprint density at radius 3 is 2.43 bits per heavy atom. The molecule has 0 radical (unpaired) electrons. The second-order valence-corrected chi connectivity index (χ2v) is 10.6. The molecule has 0 saturated carbocycles. The molecule has 124 valence electrons. The summed E-state index contributed by atoms with van der Waals surface area (Å²) in [4.78, 5) is 10.7. The van der Waals surface area contributed by atoms with Gasteiger partial charge < -0.3 is 18.6 Å². The molecule has 0 amide bonds. The zero-order chi connectivity index (χ0) is 15.6. The van der Waals surface area contributed by atoms with E-state index in [4.69, 9.17) is 13.9 Å². The second kappa shape index (κ2) is 10.2. The minimum absolute atomic E-state index is 0.217. The van der Waals surface area contributed by atoms with Crippen LogP contribution >= 0.6 is 0 Å². The minimum Gasteiger partial charge on any atom is -0.430 e. The molecule has 1 unspecified atom stereocenters. The summed E-state index contributed by atoms with van der Waals surface area (Å²) in [5, 5.41) is 0. The van der Waals surface area contributed by atoms with E-state index in [0.29, 0.717) is 13.2 Å². The summed E-state index contributed by atoms with van der Waals surface area (Å²) in [6, 6.07) is 1.26. The van der Waals surface area contributed by atoms with Gasteiger partial charge in [-0.1, -0.05) is 32.1 Å². The molecular formula is C15H30O5Si. The summed E-state index contributed by atoms with van der Waals surface area (Å²) in [6.07, 6.45) is 6.62. The number of unbranched alkanes of at least 4 members (excludes halogenated alkanes) is 5. The maximum atomic E-state index is 10.7. The first-order valence-corrected chi connectivity index (χ1v) is 11.1. The molecule has 0 aromatic heterocycles. The number of carbonyl (C=O) groups is 1. The van der Waals surface area contributed by atoms with Crippen LogP contribution < -0.4 is 0 Å². The van der Waals surface area contributed by atoms with Crippen LogP contribution in [0.4, 0.5) is 4.79 Å². The van der Waals surface area contributed by atoms with E-state index in [-0.39, 0.29) is 6.10 Å². The van der Waals surface area contributed by atoms with Crippen LogP contribution in [0.2, 0.25) is 19.1 Å². The normalized spacial score (nSPS) is 18.6. The number of hydrogen-bond donors (Lipinski definition) is 0. The Morgan fingerprint density at radius 2 is 1.81 bits per heavy atom. The van der Waals surface area contributed by atoms with Gasteiger partial charge in [0.05, 0.1) is 6.61 Å². The SMILES string of the molecule is CO[Si](C)(C)CCCCCCCCOCC1COC(=O)O1. The average molecular weight is 318 g/mol. The van der Waals surface area contributed by atoms with Gasteiger partial charge in [0, 0.05) is 13.7 Å². The largest absolute Gasteiger partial charge is 0.508 e. The van der Waals surface area contributed by atoms with Crippen molar-refractivity contribution in [1.29, 1.82) is 0 Å². The molecule has 1 atom stereocenters. The summed E-state index contributed by atoms with van der Waals surface area (Å²) >= 11 is 0. The fraction of sp³-hybridized carbons (Fsp3) is 0.933. The first-order chi connectivity index (χ1) is 10.0. The third kappa shape index (κ3) is 9.11. The van der Waals surface area contributed by atoms with Crippen LogP contribution in [0, 0.1) is 0 Å². The zero-order valence-corrected chi connectivity index (χ0v) is 14.7. The van der Waals surface area contributed by atoms with Gasteiger partial charge in [-0.15, -0.1) is 0 Å². The molecule has 0 aromatic rings. The highest BCUT2D eigenvalue weighted by molar-refractivity contribution is 6.71. The van der Waals surface area contributed by atoms with Gasteiger partial charge in [-0.2, -0.15) is 0 Å². The Labute approximate surface area is 129 Å². The smallest absolute Gasteiger partial charge is 0.430 e. The summed E-state index contributed by atoms with van der Waals surface area (Å²) in [5.41, 5.74) is 0. The van der Waals surface area contributed by atoms with Gasteiger partial charge in [0.2, 0.25) is 0 Å². The van der Waals surface area contributed by atoms with E-state index in [1.165, 1.54) is 38.1 Å². The average Bonchev–Trinajstić information content (AvgIpc) is 2.86. The lowest BCUT2D eigenvalue weighted by atomic mass is 10.1. The summed E-state index contributed by atoms with van der Waals surface area (Å²) in [5.74, 6) is 0. The number of carbonyl (C=O) groups excluding carboxylic acids is 1. The van der Waals surface area contributed by atoms with Crippen LogP contribution in [0.25, 0.3) is 0 Å². The Balaban J connectivity index is 1.79. The molecule has 1 saturated heterocycles. The monoisotopic (exact) mass is 318 g/mol. The van der Waals surface area contributed by atoms with Crippen LogP contribution in [0.3, 0.4) is 0 Å². The fourth-order valence-corrected chi connectivity index (χ4v) is 3.53. The number of ether oxygens (including phenoxy) is 3. The quantitative estimate of drug-likeness (QED) is 0.312. The van der Waals surface area contributed by atoms with Crippen molar-refractivity contribution >= 4 is 14.5 Å². The lowest BCUT2D eigenvalue weighted by Gasteiger charge is -2.19. The molecule has 0 spiro atoms. The summed E-state index contributed by atoms with van der Waals surface area (Å²) in [6.45, 7) is 6.05. The molecule has 1 fully saturated rings. The predicted octanol–water partition coefficient (Wildman–Crippen LogP) is 3.73. The van der Waals surface area contributed by atoms with Crippen molar-refractivity contribution in [1.82, 2.24) is 0 Å². The third-order valence-corrected chi connectivity index (χ3v) is 6.49. The van der Waals surface area contributed by atoms with Crippen molar-refractivity contribution < 1.29 is 23.4 Å². The van der Waals surface area contributed by atoms with Crippen molar-refractivity contribution in [3.05, 3.63) is 0 Å². The minimum atomic E-state index is -1.35. The molecule has 21 heavy (non-hydrogen) atoms. The van der Waals surface area contributed by atoms with Crippen molar-refractivity contribution in [3.8, 4) is 0 Å². The van der Waals surface area contributed by atoms with E-state index in [1.807, 2.05) is 7.11 Å². The van der Waals surface area contributed by atoms with E-state index in [1.54, 1.807) is 0 Å². The molecule has 0 aliphatic carbocycles. The fourth-order valence-electron chi connectivity index (χ4n) is 2.23. The van der Waals surface area contributed by atoms with Gasteiger partial charge in [-0.05, 0) is 25.6 Å². The van der Waals surface area contributed by atoms with E-state index in [9.17, 15) is 4.79 Å². The summed E-state index contributed by atoms with van der Waals surface area (Å²) in [7, 11) is 0.491. The van der Waals surface area contributed by atoms with Gasteiger partial charge in [-0.25, -0.2) is 4.79 Å². The molecule has 0 bridgehead atoms. The Hall–Kier alpha value is -0.593. The Morgan fingerprint density at radius 1 is 1.14 bits per heavy atom. The van der Waals surface area contributed by atoms with Gasteiger partial charge in [-0.3, -0.25) is 0 Å². The molecule has 1 heterocycles. The van der Waals surface area contributed by atoms with Crippen LogP contribution in [-0.4, -0.2) is 47.5 Å². The molecule has 5 nitrogen and oxygen atoms in total. The maximum absolute atomic E-state index is 10.7. The summed E-state index contributed by atoms with van der Waals surface area (Å²) < 4.78 is 20.6. The van der Waals surface area contributed by atoms with E-state index in [2.05, 4.69) is 17.8 Å². The number of rotatable bonds is 12. The molecular weight excluding hydrogens is 288 g/mol. The van der Waals surface area contributed by atoms with E-state index >= 15 is 0 Å². The number of hydrogen-bond acceptors (Lipinski definition) is 5. The Bertz CT molecular complexity index is 296. The molecule has 1 aliphatic heterocycles. The molecule has 0 N–H and O–H groups in total. The lowest BCUT2D eigenvalue weighted by Crippen LogP contribution is -2.27. The van der Waals surface area contributed by atoms with Crippen LogP contribution in [0.5, 0.6) is 0 Å². The van der Waals surface area contributed by atoms with Crippen LogP contribution in [0.1, 0.15) is 38.5 Å². The van der Waals surface area contributed by atoms with Crippen molar-refractivity contribution in [2.24, 2.45) is 0 Å². The van der Waals surface area contributed by atoms with Crippen molar-refractivity contribution in [3.63, 3.8) is 0 Å². The molecule has 6 heteroatoms.